The van der Waals surface area contributed by atoms with E-state index in [1.54, 1.807) is 0 Å². The number of rotatable bonds is 2. The molecule has 1 aromatic rings. The first-order valence-electron chi connectivity index (χ1n) is 7.53. The molecule has 0 spiro atoms. The van der Waals surface area contributed by atoms with Crippen molar-refractivity contribution in [3.05, 3.63) is 34.9 Å². The lowest BCUT2D eigenvalue weighted by atomic mass is 9.63. The Morgan fingerprint density at radius 3 is 2.26 bits per heavy atom. The zero-order valence-electron chi connectivity index (χ0n) is 12.1. The summed E-state index contributed by atoms with van der Waals surface area (Å²) >= 11 is 0. The van der Waals surface area contributed by atoms with E-state index in [4.69, 9.17) is 10.5 Å². The third kappa shape index (κ3) is 2.21. The van der Waals surface area contributed by atoms with E-state index >= 15 is 0 Å². The lowest BCUT2D eigenvalue weighted by Crippen LogP contribution is -2.53. The summed E-state index contributed by atoms with van der Waals surface area (Å²) in [6, 6.07) is 7.39. The van der Waals surface area contributed by atoms with Crippen LogP contribution in [0.4, 0.5) is 0 Å². The molecule has 0 unspecified atom stereocenters. The van der Waals surface area contributed by atoms with Crippen molar-refractivity contribution >= 4 is 0 Å². The van der Waals surface area contributed by atoms with Gasteiger partial charge in [-0.3, -0.25) is 0 Å². The summed E-state index contributed by atoms with van der Waals surface area (Å²) in [4.78, 5) is 0. The summed E-state index contributed by atoms with van der Waals surface area (Å²) < 4.78 is 5.61. The van der Waals surface area contributed by atoms with E-state index in [-0.39, 0.29) is 5.41 Å². The molecule has 1 aliphatic carbocycles. The van der Waals surface area contributed by atoms with Crippen molar-refractivity contribution in [2.45, 2.75) is 51.0 Å². The van der Waals surface area contributed by atoms with Crippen LogP contribution in [0.1, 0.15) is 42.4 Å². The fourth-order valence-electron chi connectivity index (χ4n) is 3.68. The molecule has 1 aliphatic heterocycles. The second-order valence-corrected chi connectivity index (χ2v) is 6.56. The third-order valence-electron chi connectivity index (χ3n) is 5.35. The molecule has 0 aromatic heterocycles. The van der Waals surface area contributed by atoms with Crippen LogP contribution < -0.4 is 5.73 Å². The minimum Gasteiger partial charge on any atom is -0.379 e. The Kier molecular flexibility index (Phi) is 3.40. The summed E-state index contributed by atoms with van der Waals surface area (Å²) in [5, 5.41) is 0. The van der Waals surface area contributed by atoms with Gasteiger partial charge in [-0.15, -0.1) is 0 Å². The third-order valence-corrected chi connectivity index (χ3v) is 5.35. The molecule has 1 saturated carbocycles. The number of benzene rings is 1. The van der Waals surface area contributed by atoms with E-state index in [0.717, 1.165) is 19.1 Å². The highest BCUT2D eigenvalue weighted by Crippen LogP contribution is 2.46. The topological polar surface area (TPSA) is 35.2 Å². The van der Waals surface area contributed by atoms with Gasteiger partial charge in [-0.1, -0.05) is 18.2 Å². The summed E-state index contributed by atoms with van der Waals surface area (Å²) in [7, 11) is 0. The molecule has 2 nitrogen and oxygen atoms in total. The highest BCUT2D eigenvalue weighted by Gasteiger charge is 2.47. The standard InChI is InChI=1S/C17H25NO/c1-12-3-4-15(9-13(12)2)17(10-19-11-17)14-5-7-16(18)8-6-14/h3-4,9,14,16H,5-8,10-11,18H2,1-2H3. The van der Waals surface area contributed by atoms with Crippen LogP contribution >= 0.6 is 0 Å². The van der Waals surface area contributed by atoms with Crippen molar-refractivity contribution in [3.8, 4) is 0 Å². The van der Waals surface area contributed by atoms with Crippen LogP contribution in [0.2, 0.25) is 0 Å². The molecule has 2 fully saturated rings. The lowest BCUT2D eigenvalue weighted by Gasteiger charge is -2.50. The molecule has 1 heterocycles. The van der Waals surface area contributed by atoms with Gasteiger partial charge in [0.2, 0.25) is 0 Å². The monoisotopic (exact) mass is 259 g/mol. The predicted octanol–water partition coefficient (Wildman–Crippen LogP) is 3.09. The second-order valence-electron chi connectivity index (χ2n) is 6.56. The summed E-state index contributed by atoms with van der Waals surface area (Å²) in [5.74, 6) is 0.753. The van der Waals surface area contributed by atoms with Gasteiger partial charge in [0.1, 0.15) is 0 Å². The average molecular weight is 259 g/mol. The van der Waals surface area contributed by atoms with E-state index in [1.165, 1.54) is 42.4 Å². The number of hydrogen-bond donors (Lipinski definition) is 1. The largest absolute Gasteiger partial charge is 0.379 e. The van der Waals surface area contributed by atoms with Crippen LogP contribution in [0.15, 0.2) is 18.2 Å². The molecule has 3 rings (SSSR count). The molecule has 0 atom stereocenters. The van der Waals surface area contributed by atoms with Crippen LogP contribution in [0, 0.1) is 19.8 Å². The summed E-state index contributed by atoms with van der Waals surface area (Å²) in [6.07, 6.45) is 4.88. The van der Waals surface area contributed by atoms with Crippen LogP contribution in [0.25, 0.3) is 0 Å². The summed E-state index contributed by atoms with van der Waals surface area (Å²) in [6.45, 7) is 6.19. The minimum atomic E-state index is 0.276. The van der Waals surface area contributed by atoms with Crippen LogP contribution in [-0.4, -0.2) is 19.3 Å². The SMILES string of the molecule is Cc1ccc(C2(C3CCC(N)CC3)COC2)cc1C. The van der Waals surface area contributed by atoms with Crippen molar-refractivity contribution in [3.63, 3.8) is 0 Å². The normalized spacial score (nSPS) is 29.8. The number of nitrogens with two attached hydrogens (primary N) is 1. The van der Waals surface area contributed by atoms with E-state index in [9.17, 15) is 0 Å². The van der Waals surface area contributed by atoms with Crippen molar-refractivity contribution < 1.29 is 4.74 Å². The maximum atomic E-state index is 6.05. The minimum absolute atomic E-state index is 0.276. The smallest absolute Gasteiger partial charge is 0.0588 e. The Labute approximate surface area is 116 Å². The summed E-state index contributed by atoms with van der Waals surface area (Å²) in [5.41, 5.74) is 10.6. The van der Waals surface area contributed by atoms with Gasteiger partial charge in [0.15, 0.2) is 0 Å². The fraction of sp³-hybridized carbons (Fsp3) is 0.647. The molecule has 0 amide bonds. The molecule has 0 bridgehead atoms. The van der Waals surface area contributed by atoms with Crippen molar-refractivity contribution in [2.75, 3.05) is 13.2 Å². The van der Waals surface area contributed by atoms with Gasteiger partial charge in [0.25, 0.3) is 0 Å². The van der Waals surface area contributed by atoms with Gasteiger partial charge in [0, 0.05) is 11.5 Å². The van der Waals surface area contributed by atoms with Gasteiger partial charge in [-0.25, -0.2) is 0 Å². The van der Waals surface area contributed by atoms with Crippen molar-refractivity contribution in [2.24, 2.45) is 11.7 Å². The molecule has 1 saturated heterocycles. The van der Waals surface area contributed by atoms with Crippen molar-refractivity contribution in [1.82, 2.24) is 0 Å². The molecule has 2 aliphatic rings. The Morgan fingerprint density at radius 2 is 1.74 bits per heavy atom. The highest BCUT2D eigenvalue weighted by atomic mass is 16.5. The number of aryl methyl sites for hydroxylation is 2. The Hall–Kier alpha value is -0.860. The van der Waals surface area contributed by atoms with E-state index < -0.39 is 0 Å². The number of hydrogen-bond acceptors (Lipinski definition) is 2. The van der Waals surface area contributed by atoms with E-state index in [2.05, 4.69) is 32.0 Å². The van der Waals surface area contributed by atoms with Crippen molar-refractivity contribution in [1.29, 1.82) is 0 Å². The first-order valence-corrected chi connectivity index (χ1v) is 7.53. The molecule has 104 valence electrons. The number of ether oxygens (including phenoxy) is 1. The van der Waals surface area contributed by atoms with Gasteiger partial charge in [0.05, 0.1) is 13.2 Å². The molecule has 0 radical (unpaired) electrons. The Balaban J connectivity index is 1.88. The lowest BCUT2D eigenvalue weighted by molar-refractivity contribution is -0.0984. The molecule has 1 aromatic carbocycles. The zero-order valence-corrected chi connectivity index (χ0v) is 12.1. The van der Waals surface area contributed by atoms with Gasteiger partial charge >= 0.3 is 0 Å². The van der Waals surface area contributed by atoms with Gasteiger partial charge in [-0.05, 0) is 62.1 Å². The van der Waals surface area contributed by atoms with Crippen LogP contribution in [0.5, 0.6) is 0 Å². The maximum absolute atomic E-state index is 6.05. The van der Waals surface area contributed by atoms with Gasteiger partial charge in [-0.2, -0.15) is 0 Å². The van der Waals surface area contributed by atoms with E-state index in [1.807, 2.05) is 0 Å². The van der Waals surface area contributed by atoms with Crippen LogP contribution in [0.3, 0.4) is 0 Å². The van der Waals surface area contributed by atoms with Crippen LogP contribution in [-0.2, 0) is 10.2 Å². The molecular formula is C17H25NO. The molecule has 19 heavy (non-hydrogen) atoms. The zero-order chi connectivity index (χ0) is 13.5. The van der Waals surface area contributed by atoms with Gasteiger partial charge < -0.3 is 10.5 Å². The highest BCUT2D eigenvalue weighted by molar-refractivity contribution is 5.37. The quantitative estimate of drug-likeness (QED) is 0.886. The fourth-order valence-corrected chi connectivity index (χ4v) is 3.68. The van der Waals surface area contributed by atoms with E-state index in [0.29, 0.717) is 6.04 Å². The average Bonchev–Trinajstić information content (AvgIpc) is 2.34. The molecule has 2 N–H and O–H groups in total. The maximum Gasteiger partial charge on any atom is 0.0588 e. The second kappa shape index (κ2) is 4.92. The predicted molar refractivity (Wildman–Crippen MR) is 78.3 cm³/mol. The Bertz CT molecular complexity index is 456. The first kappa shape index (κ1) is 13.1. The first-order chi connectivity index (χ1) is 9.12. The molecular weight excluding hydrogens is 234 g/mol. The Morgan fingerprint density at radius 1 is 1.05 bits per heavy atom. The molecule has 2 heteroatoms.